The number of aryl methyl sites for hydroxylation is 1. The van der Waals surface area contributed by atoms with Crippen molar-refractivity contribution in [3.05, 3.63) is 35.5 Å². The highest BCUT2D eigenvalue weighted by atomic mass is 19.1. The molecule has 1 N–H and O–H groups in total. The molecule has 2 rings (SSSR count). The zero-order chi connectivity index (χ0) is 13.0. The van der Waals surface area contributed by atoms with Gasteiger partial charge in [-0.3, -0.25) is 0 Å². The van der Waals surface area contributed by atoms with E-state index in [0.717, 1.165) is 13.1 Å². The topological polar surface area (TPSA) is 51.0 Å². The zero-order valence-corrected chi connectivity index (χ0v) is 10.5. The first-order chi connectivity index (χ1) is 8.70. The molecule has 18 heavy (non-hydrogen) atoms. The summed E-state index contributed by atoms with van der Waals surface area (Å²) in [7, 11) is 0. The molecule has 1 aromatic carbocycles. The number of hydrogen-bond donors (Lipinski definition) is 1. The highest BCUT2D eigenvalue weighted by molar-refractivity contribution is 5.54. The summed E-state index contributed by atoms with van der Waals surface area (Å²) in [5.74, 6) is 0.735. The first-order valence-corrected chi connectivity index (χ1v) is 6.00. The van der Waals surface area contributed by atoms with Gasteiger partial charge in [-0.25, -0.2) is 4.39 Å². The van der Waals surface area contributed by atoms with Crippen LogP contribution in [0, 0.1) is 12.7 Å². The third kappa shape index (κ3) is 2.92. The second-order valence-corrected chi connectivity index (χ2v) is 4.08. The summed E-state index contributed by atoms with van der Waals surface area (Å²) in [6.07, 6.45) is 0.676. The van der Waals surface area contributed by atoms with Crippen LogP contribution in [0.2, 0.25) is 0 Å². The van der Waals surface area contributed by atoms with Gasteiger partial charge in [0.1, 0.15) is 5.82 Å². The fourth-order valence-corrected chi connectivity index (χ4v) is 1.58. The number of likely N-dealkylation sites (N-methyl/N-ethyl adjacent to an activating group) is 1. The molecule has 0 atom stereocenters. The quantitative estimate of drug-likeness (QED) is 0.826. The number of aromatic nitrogens is 2. The van der Waals surface area contributed by atoms with Gasteiger partial charge in [-0.2, -0.15) is 4.98 Å². The van der Waals surface area contributed by atoms with Crippen LogP contribution in [0.1, 0.15) is 18.4 Å². The standard InChI is InChI=1S/C13H16FN3O/c1-3-15-7-6-12-16-13(17-18-12)10-5-4-9(2)11(14)8-10/h4-5,8,15H,3,6-7H2,1-2H3. The van der Waals surface area contributed by atoms with Crippen LogP contribution in [0.3, 0.4) is 0 Å². The van der Waals surface area contributed by atoms with Crippen molar-refractivity contribution in [3.63, 3.8) is 0 Å². The van der Waals surface area contributed by atoms with E-state index in [-0.39, 0.29) is 5.82 Å². The smallest absolute Gasteiger partial charge is 0.228 e. The fraction of sp³-hybridized carbons (Fsp3) is 0.385. The molecule has 0 unspecified atom stereocenters. The molecule has 96 valence electrons. The highest BCUT2D eigenvalue weighted by Crippen LogP contribution is 2.18. The van der Waals surface area contributed by atoms with Crippen LogP contribution < -0.4 is 5.32 Å². The number of hydrogen-bond acceptors (Lipinski definition) is 4. The number of nitrogens with one attached hydrogen (secondary N) is 1. The Morgan fingerprint density at radius 1 is 1.39 bits per heavy atom. The number of nitrogens with zero attached hydrogens (tertiary/aromatic N) is 2. The van der Waals surface area contributed by atoms with E-state index in [9.17, 15) is 4.39 Å². The molecule has 0 saturated heterocycles. The molecule has 1 aromatic heterocycles. The molecule has 2 aromatic rings. The van der Waals surface area contributed by atoms with Crippen molar-refractivity contribution in [2.75, 3.05) is 13.1 Å². The number of halogens is 1. The molecule has 0 spiro atoms. The minimum atomic E-state index is -0.258. The summed E-state index contributed by atoms with van der Waals surface area (Å²) >= 11 is 0. The molecule has 4 nitrogen and oxygen atoms in total. The molecule has 0 radical (unpaired) electrons. The molecule has 0 saturated carbocycles. The monoisotopic (exact) mass is 249 g/mol. The summed E-state index contributed by atoms with van der Waals surface area (Å²) in [5, 5.41) is 7.03. The molecule has 0 aliphatic carbocycles. The highest BCUT2D eigenvalue weighted by Gasteiger charge is 2.09. The first-order valence-electron chi connectivity index (χ1n) is 6.00. The van der Waals surface area contributed by atoms with E-state index in [2.05, 4.69) is 15.5 Å². The second-order valence-electron chi connectivity index (χ2n) is 4.08. The van der Waals surface area contributed by atoms with Crippen molar-refractivity contribution in [2.24, 2.45) is 0 Å². The van der Waals surface area contributed by atoms with Crippen LogP contribution in [-0.4, -0.2) is 23.2 Å². The van der Waals surface area contributed by atoms with Crippen molar-refractivity contribution < 1.29 is 8.91 Å². The van der Waals surface area contributed by atoms with Gasteiger partial charge in [-0.05, 0) is 25.1 Å². The Balaban J connectivity index is 2.11. The van der Waals surface area contributed by atoms with Crippen LogP contribution in [0.25, 0.3) is 11.4 Å². The Morgan fingerprint density at radius 2 is 2.22 bits per heavy atom. The van der Waals surface area contributed by atoms with E-state index in [4.69, 9.17) is 4.52 Å². The van der Waals surface area contributed by atoms with Gasteiger partial charge < -0.3 is 9.84 Å². The Hall–Kier alpha value is -1.75. The molecule has 0 aliphatic heterocycles. The second kappa shape index (κ2) is 5.73. The van der Waals surface area contributed by atoms with Gasteiger partial charge in [0.15, 0.2) is 0 Å². The first kappa shape index (κ1) is 12.7. The molecule has 0 fully saturated rings. The minimum absolute atomic E-state index is 0.258. The third-order valence-corrected chi connectivity index (χ3v) is 2.66. The Bertz CT molecular complexity index is 525. The number of rotatable bonds is 5. The van der Waals surface area contributed by atoms with Gasteiger partial charge in [0.2, 0.25) is 11.7 Å². The van der Waals surface area contributed by atoms with Gasteiger partial charge in [0.05, 0.1) is 0 Å². The molecule has 5 heteroatoms. The summed E-state index contributed by atoms with van der Waals surface area (Å²) in [6.45, 7) is 5.45. The molecule has 0 aliphatic rings. The average molecular weight is 249 g/mol. The van der Waals surface area contributed by atoms with Gasteiger partial charge in [-0.1, -0.05) is 24.2 Å². The van der Waals surface area contributed by atoms with Crippen molar-refractivity contribution in [3.8, 4) is 11.4 Å². The predicted molar refractivity (Wildman–Crippen MR) is 66.7 cm³/mol. The average Bonchev–Trinajstić information content (AvgIpc) is 2.82. The molecular weight excluding hydrogens is 233 g/mol. The lowest BCUT2D eigenvalue weighted by atomic mass is 10.1. The lowest BCUT2D eigenvalue weighted by Gasteiger charge is -1.98. The third-order valence-electron chi connectivity index (χ3n) is 2.66. The van der Waals surface area contributed by atoms with E-state index in [1.807, 2.05) is 6.92 Å². The molecule has 0 bridgehead atoms. The zero-order valence-electron chi connectivity index (χ0n) is 10.5. The van der Waals surface area contributed by atoms with Crippen molar-refractivity contribution >= 4 is 0 Å². The van der Waals surface area contributed by atoms with Gasteiger partial charge in [-0.15, -0.1) is 0 Å². The van der Waals surface area contributed by atoms with E-state index in [1.165, 1.54) is 6.07 Å². The van der Waals surface area contributed by atoms with E-state index in [0.29, 0.717) is 29.3 Å². The predicted octanol–water partition coefficient (Wildman–Crippen LogP) is 2.34. The minimum Gasteiger partial charge on any atom is -0.339 e. The molecule has 1 heterocycles. The maximum absolute atomic E-state index is 13.4. The van der Waals surface area contributed by atoms with Crippen molar-refractivity contribution in [1.82, 2.24) is 15.5 Å². The number of benzene rings is 1. The lowest BCUT2D eigenvalue weighted by Crippen LogP contribution is -2.16. The van der Waals surface area contributed by atoms with Gasteiger partial charge in [0.25, 0.3) is 0 Å². The van der Waals surface area contributed by atoms with E-state index in [1.54, 1.807) is 19.1 Å². The van der Waals surface area contributed by atoms with E-state index >= 15 is 0 Å². The van der Waals surface area contributed by atoms with Crippen LogP contribution in [-0.2, 0) is 6.42 Å². The van der Waals surface area contributed by atoms with Crippen molar-refractivity contribution in [2.45, 2.75) is 20.3 Å². The van der Waals surface area contributed by atoms with Crippen LogP contribution >= 0.6 is 0 Å². The fourth-order valence-electron chi connectivity index (χ4n) is 1.58. The summed E-state index contributed by atoms with van der Waals surface area (Å²) in [5.41, 5.74) is 1.24. The van der Waals surface area contributed by atoms with Crippen LogP contribution in [0.15, 0.2) is 22.7 Å². The maximum atomic E-state index is 13.4. The Morgan fingerprint density at radius 3 is 2.94 bits per heavy atom. The Kier molecular flexibility index (Phi) is 4.04. The van der Waals surface area contributed by atoms with Crippen LogP contribution in [0.5, 0.6) is 0 Å². The normalized spacial score (nSPS) is 10.8. The SMILES string of the molecule is CCNCCc1nc(-c2ccc(C)c(F)c2)no1. The maximum Gasteiger partial charge on any atom is 0.228 e. The van der Waals surface area contributed by atoms with E-state index < -0.39 is 0 Å². The molecular formula is C13H16FN3O. The van der Waals surface area contributed by atoms with Crippen LogP contribution in [0.4, 0.5) is 4.39 Å². The van der Waals surface area contributed by atoms with Gasteiger partial charge >= 0.3 is 0 Å². The Labute approximate surface area is 105 Å². The lowest BCUT2D eigenvalue weighted by molar-refractivity contribution is 0.377. The van der Waals surface area contributed by atoms with Crippen molar-refractivity contribution in [1.29, 1.82) is 0 Å². The largest absolute Gasteiger partial charge is 0.339 e. The molecule has 0 amide bonds. The summed E-state index contributed by atoms with van der Waals surface area (Å²) in [6, 6.07) is 4.92. The summed E-state index contributed by atoms with van der Waals surface area (Å²) in [4.78, 5) is 4.24. The summed E-state index contributed by atoms with van der Waals surface area (Å²) < 4.78 is 18.5. The van der Waals surface area contributed by atoms with Gasteiger partial charge in [0, 0.05) is 18.5 Å².